The Morgan fingerprint density at radius 1 is 1.03 bits per heavy atom. The van der Waals surface area contributed by atoms with Gasteiger partial charge in [-0.05, 0) is 37.8 Å². The van der Waals surface area contributed by atoms with Crippen LogP contribution in [0, 0.1) is 0 Å². The molecule has 35 heavy (non-hydrogen) atoms. The van der Waals surface area contributed by atoms with Crippen LogP contribution in [0.4, 0.5) is 4.79 Å². The fourth-order valence-electron chi connectivity index (χ4n) is 3.82. The molecule has 1 aliphatic heterocycles. The van der Waals surface area contributed by atoms with Crippen molar-refractivity contribution in [1.82, 2.24) is 15.5 Å². The van der Waals surface area contributed by atoms with Crippen molar-refractivity contribution in [3.05, 3.63) is 71.8 Å². The number of hydrogen-bond acceptors (Lipinski definition) is 7. The normalized spacial score (nSPS) is 16.8. The summed E-state index contributed by atoms with van der Waals surface area (Å²) in [5, 5.41) is 5.51. The molecule has 1 saturated heterocycles. The number of hydrogen-bond donors (Lipinski definition) is 2. The fourth-order valence-corrected chi connectivity index (χ4v) is 3.82. The minimum Gasteiger partial charge on any atom is -0.465 e. The highest BCUT2D eigenvalue weighted by Crippen LogP contribution is 2.14. The quantitative estimate of drug-likeness (QED) is 0.473. The molecule has 2 N–H and O–H groups in total. The summed E-state index contributed by atoms with van der Waals surface area (Å²) in [5.74, 6) is -1.79. The largest absolute Gasteiger partial charge is 0.465 e. The van der Waals surface area contributed by atoms with Gasteiger partial charge in [0.25, 0.3) is 0 Å². The first kappa shape index (κ1) is 25.9. The van der Waals surface area contributed by atoms with Gasteiger partial charge in [0.2, 0.25) is 5.91 Å². The summed E-state index contributed by atoms with van der Waals surface area (Å²) in [5.41, 5.74) is 1.84. The number of rotatable bonds is 11. The van der Waals surface area contributed by atoms with Crippen molar-refractivity contribution in [3.8, 4) is 0 Å². The molecule has 0 aliphatic carbocycles. The van der Waals surface area contributed by atoms with E-state index in [0.717, 1.165) is 16.0 Å². The van der Waals surface area contributed by atoms with Gasteiger partial charge in [-0.1, -0.05) is 60.7 Å². The van der Waals surface area contributed by atoms with Crippen molar-refractivity contribution in [2.24, 2.45) is 0 Å². The molecular formula is C26H31N3O6. The zero-order valence-corrected chi connectivity index (χ0v) is 19.9. The highest BCUT2D eigenvalue weighted by Gasteiger charge is 2.43. The summed E-state index contributed by atoms with van der Waals surface area (Å²) in [4.78, 5) is 51.7. The Labute approximate surface area is 204 Å². The Kier molecular flexibility index (Phi) is 9.37. The number of carbonyl (C=O) groups excluding carboxylic acids is 4. The number of esters is 2. The molecule has 2 aromatic rings. The minimum atomic E-state index is -1.09. The molecule has 0 spiro atoms. The predicted octanol–water partition coefficient (Wildman–Crippen LogP) is 2.19. The van der Waals surface area contributed by atoms with Gasteiger partial charge < -0.3 is 14.8 Å². The van der Waals surface area contributed by atoms with E-state index in [2.05, 4.69) is 10.6 Å². The van der Waals surface area contributed by atoms with Gasteiger partial charge in [-0.3, -0.25) is 14.9 Å². The molecule has 0 bridgehead atoms. The second-order valence-electron chi connectivity index (χ2n) is 8.22. The van der Waals surface area contributed by atoms with E-state index in [9.17, 15) is 19.2 Å². The number of nitrogens with one attached hydrogen (secondary N) is 2. The van der Waals surface area contributed by atoms with Crippen molar-refractivity contribution in [1.29, 1.82) is 0 Å². The molecule has 0 radical (unpaired) electrons. The van der Waals surface area contributed by atoms with Crippen LogP contribution < -0.4 is 10.6 Å². The molecule has 3 rings (SSSR count). The van der Waals surface area contributed by atoms with Crippen molar-refractivity contribution in [2.75, 3.05) is 13.2 Å². The summed E-state index contributed by atoms with van der Waals surface area (Å²) in [6.45, 7) is 3.45. The Hall–Kier alpha value is -3.72. The van der Waals surface area contributed by atoms with E-state index in [-0.39, 0.29) is 19.8 Å². The molecule has 0 aromatic heterocycles. The topological polar surface area (TPSA) is 114 Å². The first-order valence-electron chi connectivity index (χ1n) is 11.7. The first-order valence-corrected chi connectivity index (χ1v) is 11.7. The van der Waals surface area contributed by atoms with Gasteiger partial charge in [0.15, 0.2) is 6.04 Å². The van der Waals surface area contributed by atoms with Crippen LogP contribution >= 0.6 is 0 Å². The van der Waals surface area contributed by atoms with E-state index in [1.54, 1.807) is 13.8 Å². The van der Waals surface area contributed by atoms with Crippen LogP contribution in [0.1, 0.15) is 31.4 Å². The Bertz CT molecular complexity index is 1010. The molecule has 3 amide bonds. The lowest BCUT2D eigenvalue weighted by molar-refractivity contribution is -0.153. The molecule has 9 heteroatoms. The SMILES string of the molecule is CCOC(=O)[C@H](CCc1ccccc1)N[C@@H](C)C(=O)N1C(=O)NC[C@H]1C(=O)OCc1ccccc1. The third-order valence-corrected chi connectivity index (χ3v) is 5.67. The Morgan fingerprint density at radius 2 is 1.66 bits per heavy atom. The Balaban J connectivity index is 1.64. The van der Waals surface area contributed by atoms with Gasteiger partial charge in [-0.25, -0.2) is 14.5 Å². The summed E-state index contributed by atoms with van der Waals surface area (Å²) in [6, 6.07) is 15.3. The van der Waals surface area contributed by atoms with E-state index in [0.29, 0.717) is 12.8 Å². The average molecular weight is 482 g/mol. The van der Waals surface area contributed by atoms with Crippen molar-refractivity contribution in [3.63, 3.8) is 0 Å². The highest BCUT2D eigenvalue weighted by molar-refractivity contribution is 6.03. The average Bonchev–Trinajstić information content (AvgIpc) is 3.27. The minimum absolute atomic E-state index is 0.0324. The van der Waals surface area contributed by atoms with Crippen molar-refractivity contribution >= 4 is 23.9 Å². The van der Waals surface area contributed by atoms with Crippen LogP contribution in [0.15, 0.2) is 60.7 Å². The molecular weight excluding hydrogens is 450 g/mol. The van der Waals surface area contributed by atoms with Crippen LogP contribution in [-0.4, -0.2) is 60.1 Å². The lowest BCUT2D eigenvalue weighted by Crippen LogP contribution is -2.55. The van der Waals surface area contributed by atoms with E-state index < -0.39 is 42.0 Å². The third-order valence-electron chi connectivity index (χ3n) is 5.67. The number of aryl methyl sites for hydroxylation is 1. The monoisotopic (exact) mass is 481 g/mol. The number of benzene rings is 2. The lowest BCUT2D eigenvalue weighted by Gasteiger charge is -2.26. The van der Waals surface area contributed by atoms with Gasteiger partial charge in [0, 0.05) is 0 Å². The number of ether oxygens (including phenoxy) is 2. The first-order chi connectivity index (χ1) is 16.9. The van der Waals surface area contributed by atoms with E-state index in [4.69, 9.17) is 9.47 Å². The Morgan fingerprint density at radius 3 is 2.29 bits per heavy atom. The second-order valence-corrected chi connectivity index (χ2v) is 8.22. The molecule has 0 unspecified atom stereocenters. The smallest absolute Gasteiger partial charge is 0.331 e. The molecule has 1 heterocycles. The fraction of sp³-hybridized carbons (Fsp3) is 0.385. The molecule has 186 valence electrons. The summed E-state index contributed by atoms with van der Waals surface area (Å²) < 4.78 is 10.5. The van der Waals surface area contributed by atoms with Gasteiger partial charge in [-0.15, -0.1) is 0 Å². The molecule has 9 nitrogen and oxygen atoms in total. The molecule has 2 aromatic carbocycles. The third kappa shape index (κ3) is 7.13. The maximum absolute atomic E-state index is 13.2. The van der Waals surface area contributed by atoms with Crippen LogP contribution in [0.3, 0.4) is 0 Å². The van der Waals surface area contributed by atoms with E-state index in [1.807, 2.05) is 60.7 Å². The maximum Gasteiger partial charge on any atom is 0.331 e. The zero-order valence-electron chi connectivity index (χ0n) is 19.9. The maximum atomic E-state index is 13.2. The lowest BCUT2D eigenvalue weighted by atomic mass is 10.0. The van der Waals surface area contributed by atoms with Gasteiger partial charge in [0.1, 0.15) is 12.6 Å². The van der Waals surface area contributed by atoms with Crippen LogP contribution in [0.25, 0.3) is 0 Å². The number of carbonyl (C=O) groups is 4. The van der Waals surface area contributed by atoms with Crippen LogP contribution in [0.2, 0.25) is 0 Å². The summed E-state index contributed by atoms with van der Waals surface area (Å²) in [6.07, 6.45) is 0.992. The highest BCUT2D eigenvalue weighted by atomic mass is 16.5. The second kappa shape index (κ2) is 12.7. The van der Waals surface area contributed by atoms with Crippen molar-refractivity contribution in [2.45, 2.75) is 51.4 Å². The van der Waals surface area contributed by atoms with Crippen molar-refractivity contribution < 1.29 is 28.7 Å². The van der Waals surface area contributed by atoms with Crippen LogP contribution in [0.5, 0.6) is 0 Å². The number of nitrogens with zero attached hydrogens (tertiary/aromatic N) is 1. The van der Waals surface area contributed by atoms with Gasteiger partial charge in [0.05, 0.1) is 19.2 Å². The van der Waals surface area contributed by atoms with E-state index >= 15 is 0 Å². The molecule has 1 fully saturated rings. The number of imide groups is 1. The molecule has 0 saturated carbocycles. The molecule has 1 aliphatic rings. The van der Waals surface area contributed by atoms with Crippen LogP contribution in [-0.2, 0) is 36.9 Å². The van der Waals surface area contributed by atoms with Gasteiger partial charge in [-0.2, -0.15) is 0 Å². The number of urea groups is 1. The predicted molar refractivity (Wildman–Crippen MR) is 128 cm³/mol. The summed E-state index contributed by atoms with van der Waals surface area (Å²) in [7, 11) is 0. The zero-order chi connectivity index (χ0) is 25.2. The number of amides is 3. The van der Waals surface area contributed by atoms with Gasteiger partial charge >= 0.3 is 18.0 Å². The summed E-state index contributed by atoms with van der Waals surface area (Å²) >= 11 is 0. The molecule has 3 atom stereocenters. The standard InChI is InChI=1S/C26H31N3O6/c1-3-34-24(31)21(15-14-19-10-6-4-7-11-19)28-18(2)23(30)29-22(16-27-26(29)33)25(32)35-17-20-12-8-5-9-13-20/h4-13,18,21-22,28H,3,14-17H2,1-2H3,(H,27,33)/t18-,21-,22-/m0/s1. The van der Waals surface area contributed by atoms with E-state index in [1.165, 1.54) is 0 Å².